The summed E-state index contributed by atoms with van der Waals surface area (Å²) in [5.41, 5.74) is 1.08. The first kappa shape index (κ1) is 15.8. The first-order chi connectivity index (χ1) is 8.67. The highest BCUT2D eigenvalue weighted by molar-refractivity contribution is 6.33. The average molecular weight is 288 g/mol. The Morgan fingerprint density at radius 1 is 1.22 bits per heavy atom. The summed E-state index contributed by atoms with van der Waals surface area (Å²) < 4.78 is 0. The maximum Gasteiger partial charge on any atom is 0.0451 e. The summed E-state index contributed by atoms with van der Waals surface area (Å²) in [6.07, 6.45) is 5.13. The van der Waals surface area contributed by atoms with E-state index in [2.05, 4.69) is 19.2 Å². The largest absolute Gasteiger partial charge is 0.312 e. The summed E-state index contributed by atoms with van der Waals surface area (Å²) in [4.78, 5) is 0. The lowest BCUT2D eigenvalue weighted by molar-refractivity contribution is 0.419. The van der Waals surface area contributed by atoms with Gasteiger partial charge in [-0.1, -0.05) is 56.3 Å². The second-order valence-corrected chi connectivity index (χ2v) is 5.63. The molecule has 0 fully saturated rings. The molecule has 1 aromatic rings. The number of halogens is 2. The molecule has 0 aliphatic heterocycles. The number of hydrogen-bond donors (Lipinski definition) is 1. The van der Waals surface area contributed by atoms with Gasteiger partial charge in [0, 0.05) is 16.6 Å². The Morgan fingerprint density at radius 3 is 2.67 bits per heavy atom. The summed E-state index contributed by atoms with van der Waals surface area (Å²) >= 11 is 12.1. The molecule has 0 heterocycles. The summed E-state index contributed by atoms with van der Waals surface area (Å²) in [6.45, 7) is 6.35. The highest BCUT2D eigenvalue weighted by Crippen LogP contribution is 2.20. The lowest BCUT2D eigenvalue weighted by Gasteiger charge is -2.15. The quantitative estimate of drug-likeness (QED) is 0.684. The number of unbranched alkanes of at least 4 members (excludes halogenated alkanes) is 1. The van der Waals surface area contributed by atoms with E-state index in [1.165, 1.54) is 25.7 Å². The van der Waals surface area contributed by atoms with Gasteiger partial charge in [-0.2, -0.15) is 0 Å². The molecule has 1 nitrogen and oxygen atoms in total. The average Bonchev–Trinajstić information content (AvgIpc) is 2.37. The van der Waals surface area contributed by atoms with Gasteiger partial charge in [0.2, 0.25) is 0 Å². The molecule has 0 aromatic heterocycles. The van der Waals surface area contributed by atoms with Crippen LogP contribution in [0.5, 0.6) is 0 Å². The third-order valence-corrected chi connectivity index (χ3v) is 3.90. The number of benzene rings is 1. The van der Waals surface area contributed by atoms with Crippen LogP contribution in [0.15, 0.2) is 18.2 Å². The Hall–Kier alpha value is -0.240. The second-order valence-electron chi connectivity index (χ2n) is 4.78. The van der Waals surface area contributed by atoms with Gasteiger partial charge in [0.05, 0.1) is 0 Å². The van der Waals surface area contributed by atoms with Crippen LogP contribution >= 0.6 is 23.2 Å². The standard InChI is InChI=1S/C15H23Cl2N/c1-3-5-6-12(4-2)10-18-11-13-9-14(16)7-8-15(13)17/h7-9,12,18H,3-6,10-11H2,1-2H3. The SMILES string of the molecule is CCCCC(CC)CNCc1cc(Cl)ccc1Cl. The molecule has 1 N–H and O–H groups in total. The number of rotatable bonds is 8. The zero-order valence-electron chi connectivity index (χ0n) is 11.3. The molecule has 0 saturated heterocycles. The van der Waals surface area contributed by atoms with Crippen molar-refractivity contribution in [3.8, 4) is 0 Å². The highest BCUT2D eigenvalue weighted by Gasteiger charge is 2.06. The van der Waals surface area contributed by atoms with Gasteiger partial charge >= 0.3 is 0 Å². The van der Waals surface area contributed by atoms with Crippen molar-refractivity contribution in [2.75, 3.05) is 6.54 Å². The summed E-state index contributed by atoms with van der Waals surface area (Å²) in [5.74, 6) is 0.767. The molecule has 1 rings (SSSR count). The van der Waals surface area contributed by atoms with Gasteiger partial charge < -0.3 is 5.32 Å². The fourth-order valence-corrected chi connectivity index (χ4v) is 2.41. The molecule has 1 atom stereocenters. The van der Waals surface area contributed by atoms with E-state index in [-0.39, 0.29) is 0 Å². The van der Waals surface area contributed by atoms with Gasteiger partial charge in [-0.3, -0.25) is 0 Å². The van der Waals surface area contributed by atoms with Crippen LogP contribution < -0.4 is 5.32 Å². The first-order valence-corrected chi connectivity index (χ1v) is 7.57. The normalized spacial score (nSPS) is 12.7. The van der Waals surface area contributed by atoms with Gasteiger partial charge in [0.25, 0.3) is 0 Å². The molecule has 102 valence electrons. The van der Waals surface area contributed by atoms with Crippen LogP contribution in [0.3, 0.4) is 0 Å². The Morgan fingerprint density at radius 2 is 2.00 bits per heavy atom. The molecule has 0 aliphatic carbocycles. The predicted molar refractivity (Wildman–Crippen MR) is 81.5 cm³/mol. The van der Waals surface area contributed by atoms with Crippen molar-refractivity contribution in [2.24, 2.45) is 5.92 Å². The van der Waals surface area contributed by atoms with E-state index in [9.17, 15) is 0 Å². The van der Waals surface area contributed by atoms with Crippen LogP contribution in [-0.4, -0.2) is 6.54 Å². The third-order valence-electron chi connectivity index (χ3n) is 3.30. The molecule has 0 aliphatic rings. The molecule has 0 spiro atoms. The minimum Gasteiger partial charge on any atom is -0.312 e. The van der Waals surface area contributed by atoms with E-state index in [0.717, 1.165) is 34.6 Å². The lowest BCUT2D eigenvalue weighted by atomic mass is 9.99. The van der Waals surface area contributed by atoms with Crippen molar-refractivity contribution in [1.82, 2.24) is 5.32 Å². The monoisotopic (exact) mass is 287 g/mol. The maximum absolute atomic E-state index is 6.13. The van der Waals surface area contributed by atoms with Crippen LogP contribution in [0, 0.1) is 5.92 Å². The zero-order chi connectivity index (χ0) is 13.4. The van der Waals surface area contributed by atoms with Crippen LogP contribution in [0.25, 0.3) is 0 Å². The molecule has 3 heteroatoms. The van der Waals surface area contributed by atoms with Crippen LogP contribution in [-0.2, 0) is 6.54 Å². The van der Waals surface area contributed by atoms with E-state index in [1.54, 1.807) is 0 Å². The van der Waals surface area contributed by atoms with Gasteiger partial charge in [-0.15, -0.1) is 0 Å². The highest BCUT2D eigenvalue weighted by atomic mass is 35.5. The molecule has 0 amide bonds. The van der Waals surface area contributed by atoms with E-state index < -0.39 is 0 Å². The van der Waals surface area contributed by atoms with Crippen molar-refractivity contribution in [2.45, 2.75) is 46.1 Å². The Balaban J connectivity index is 2.37. The van der Waals surface area contributed by atoms with Gasteiger partial charge in [-0.05, 0) is 42.6 Å². The predicted octanol–water partition coefficient (Wildman–Crippen LogP) is 5.30. The third kappa shape index (κ3) is 5.60. The summed E-state index contributed by atoms with van der Waals surface area (Å²) in [7, 11) is 0. The lowest BCUT2D eigenvalue weighted by Crippen LogP contribution is -2.22. The zero-order valence-corrected chi connectivity index (χ0v) is 12.8. The number of hydrogen-bond acceptors (Lipinski definition) is 1. The van der Waals surface area contributed by atoms with Gasteiger partial charge in [0.1, 0.15) is 0 Å². The molecule has 18 heavy (non-hydrogen) atoms. The van der Waals surface area contributed by atoms with E-state index >= 15 is 0 Å². The molecular formula is C15H23Cl2N. The van der Waals surface area contributed by atoms with Crippen LogP contribution in [0.4, 0.5) is 0 Å². The topological polar surface area (TPSA) is 12.0 Å². The molecule has 0 radical (unpaired) electrons. The van der Waals surface area contributed by atoms with Crippen LogP contribution in [0.1, 0.15) is 45.1 Å². The van der Waals surface area contributed by atoms with E-state index in [1.807, 2.05) is 18.2 Å². The molecular weight excluding hydrogens is 265 g/mol. The van der Waals surface area contributed by atoms with Crippen molar-refractivity contribution in [1.29, 1.82) is 0 Å². The van der Waals surface area contributed by atoms with Gasteiger partial charge in [-0.25, -0.2) is 0 Å². The Bertz CT molecular complexity index is 352. The maximum atomic E-state index is 6.13. The Kier molecular flexibility index (Phi) is 7.73. The first-order valence-electron chi connectivity index (χ1n) is 6.82. The van der Waals surface area contributed by atoms with Gasteiger partial charge in [0.15, 0.2) is 0 Å². The Labute approximate surface area is 121 Å². The smallest absolute Gasteiger partial charge is 0.0451 e. The molecule has 1 unspecified atom stereocenters. The van der Waals surface area contributed by atoms with Crippen molar-refractivity contribution >= 4 is 23.2 Å². The molecule has 0 bridgehead atoms. The van der Waals surface area contributed by atoms with Crippen molar-refractivity contribution in [3.05, 3.63) is 33.8 Å². The van der Waals surface area contributed by atoms with Crippen molar-refractivity contribution in [3.63, 3.8) is 0 Å². The van der Waals surface area contributed by atoms with Crippen molar-refractivity contribution < 1.29 is 0 Å². The minimum atomic E-state index is 0.745. The fourth-order valence-electron chi connectivity index (χ4n) is 2.03. The fraction of sp³-hybridized carbons (Fsp3) is 0.600. The van der Waals surface area contributed by atoms with E-state index in [4.69, 9.17) is 23.2 Å². The second kappa shape index (κ2) is 8.79. The van der Waals surface area contributed by atoms with E-state index in [0.29, 0.717) is 0 Å². The minimum absolute atomic E-state index is 0.745. The summed E-state index contributed by atoms with van der Waals surface area (Å²) in [6, 6.07) is 5.61. The molecule has 1 aromatic carbocycles. The molecule has 0 saturated carbocycles. The number of nitrogens with one attached hydrogen (secondary N) is 1. The van der Waals surface area contributed by atoms with Crippen LogP contribution in [0.2, 0.25) is 10.0 Å². The summed E-state index contributed by atoms with van der Waals surface area (Å²) in [5, 5.41) is 5.02.